The zero-order chi connectivity index (χ0) is 12.0. The number of benzene rings is 1. The summed E-state index contributed by atoms with van der Waals surface area (Å²) in [5.74, 6) is 0.0333. The topological polar surface area (TPSA) is 26.3 Å². The first kappa shape index (κ1) is 13.0. The largest absolute Gasteiger partial charge is 0.466 e. The summed E-state index contributed by atoms with van der Waals surface area (Å²) >= 11 is 5.80. The molecule has 0 saturated heterocycles. The molecule has 0 amide bonds. The molecule has 0 bridgehead atoms. The monoisotopic (exact) mass is 240 g/mol. The molecular weight excluding hydrogens is 224 g/mol. The third-order valence-electron chi connectivity index (χ3n) is 2.38. The Morgan fingerprint density at radius 2 is 2.00 bits per heavy atom. The molecule has 1 aromatic rings. The molecule has 88 valence electrons. The summed E-state index contributed by atoms with van der Waals surface area (Å²) in [6.07, 6.45) is 1.28. The summed E-state index contributed by atoms with van der Waals surface area (Å²) in [7, 11) is 0. The Morgan fingerprint density at radius 1 is 1.38 bits per heavy atom. The van der Waals surface area contributed by atoms with Gasteiger partial charge in [0.2, 0.25) is 0 Å². The van der Waals surface area contributed by atoms with E-state index < -0.39 is 0 Å². The first-order valence-electron chi connectivity index (χ1n) is 5.54. The van der Waals surface area contributed by atoms with Crippen LogP contribution in [0, 0.1) is 0 Å². The van der Waals surface area contributed by atoms with Crippen molar-refractivity contribution >= 4 is 17.6 Å². The van der Waals surface area contributed by atoms with Crippen molar-refractivity contribution in [1.29, 1.82) is 0 Å². The predicted molar refractivity (Wildman–Crippen MR) is 65.7 cm³/mol. The number of carbonyl (C=O) groups excluding carboxylic acids is 1. The first-order chi connectivity index (χ1) is 7.63. The normalized spacial score (nSPS) is 12.2. The lowest BCUT2D eigenvalue weighted by Gasteiger charge is -2.11. The summed E-state index contributed by atoms with van der Waals surface area (Å²) in [5.41, 5.74) is 1.11. The molecule has 1 atom stereocenters. The lowest BCUT2D eigenvalue weighted by atomic mass is 9.98. The van der Waals surface area contributed by atoms with Gasteiger partial charge in [-0.15, -0.1) is 0 Å². The van der Waals surface area contributed by atoms with Crippen LogP contribution in [0.4, 0.5) is 0 Å². The van der Waals surface area contributed by atoms with Gasteiger partial charge < -0.3 is 4.74 Å². The van der Waals surface area contributed by atoms with E-state index in [4.69, 9.17) is 16.3 Å². The van der Waals surface area contributed by atoms with E-state index in [0.29, 0.717) is 18.1 Å². The summed E-state index contributed by atoms with van der Waals surface area (Å²) in [5, 5.41) is 0.713. The first-order valence-corrected chi connectivity index (χ1v) is 5.92. The van der Waals surface area contributed by atoms with Crippen LogP contribution in [0.25, 0.3) is 0 Å². The molecule has 16 heavy (non-hydrogen) atoms. The van der Waals surface area contributed by atoms with Crippen LogP contribution in [0.1, 0.15) is 38.2 Å². The van der Waals surface area contributed by atoms with Crippen LogP contribution in [-0.4, -0.2) is 12.6 Å². The van der Waals surface area contributed by atoms with Crippen molar-refractivity contribution in [2.75, 3.05) is 6.61 Å². The quantitative estimate of drug-likeness (QED) is 0.732. The van der Waals surface area contributed by atoms with Crippen LogP contribution in [0.15, 0.2) is 24.3 Å². The maximum atomic E-state index is 11.4. The van der Waals surface area contributed by atoms with Crippen LogP contribution in [0.5, 0.6) is 0 Å². The molecule has 0 aromatic heterocycles. The van der Waals surface area contributed by atoms with Crippen molar-refractivity contribution in [2.45, 2.75) is 32.6 Å². The predicted octanol–water partition coefficient (Wildman–Crippen LogP) is 3.79. The van der Waals surface area contributed by atoms with E-state index in [2.05, 4.69) is 0 Å². The fourth-order valence-electron chi connectivity index (χ4n) is 1.43. The summed E-state index contributed by atoms with van der Waals surface area (Å²) in [4.78, 5) is 11.4. The Bertz CT molecular complexity index is 332. The van der Waals surface area contributed by atoms with Crippen LogP contribution in [-0.2, 0) is 9.53 Å². The lowest BCUT2D eigenvalue weighted by molar-refractivity contribution is -0.144. The molecule has 3 heteroatoms. The van der Waals surface area contributed by atoms with Crippen LogP contribution >= 0.6 is 11.6 Å². The molecular formula is C13H17ClO2. The Morgan fingerprint density at radius 3 is 2.56 bits per heavy atom. The van der Waals surface area contributed by atoms with E-state index >= 15 is 0 Å². The van der Waals surface area contributed by atoms with Gasteiger partial charge in [0.25, 0.3) is 0 Å². The van der Waals surface area contributed by atoms with Crippen molar-refractivity contribution in [1.82, 2.24) is 0 Å². The maximum absolute atomic E-state index is 11.4. The molecule has 2 nitrogen and oxygen atoms in total. The number of ether oxygens (including phenoxy) is 1. The van der Waals surface area contributed by atoms with Crippen LogP contribution < -0.4 is 0 Å². The number of rotatable bonds is 5. The van der Waals surface area contributed by atoms with E-state index in [9.17, 15) is 4.79 Å². The van der Waals surface area contributed by atoms with Gasteiger partial charge in [0.1, 0.15) is 0 Å². The molecule has 0 aliphatic carbocycles. The SMILES string of the molecule is CCCOC(=O)CC(C)c1ccc(Cl)cc1. The molecule has 1 aromatic carbocycles. The van der Waals surface area contributed by atoms with Crippen LogP contribution in [0.2, 0.25) is 5.02 Å². The minimum absolute atomic E-state index is 0.135. The minimum atomic E-state index is -0.135. The summed E-state index contributed by atoms with van der Waals surface area (Å²) in [6.45, 7) is 4.50. The second kappa shape index (κ2) is 6.54. The molecule has 0 aliphatic heterocycles. The molecule has 0 fully saturated rings. The Kier molecular flexibility index (Phi) is 5.33. The van der Waals surface area contributed by atoms with Gasteiger partial charge in [-0.3, -0.25) is 4.79 Å². The van der Waals surface area contributed by atoms with Gasteiger partial charge in [-0.2, -0.15) is 0 Å². The van der Waals surface area contributed by atoms with E-state index in [1.165, 1.54) is 0 Å². The third-order valence-corrected chi connectivity index (χ3v) is 2.63. The number of halogens is 1. The average Bonchev–Trinajstić information content (AvgIpc) is 2.27. The smallest absolute Gasteiger partial charge is 0.306 e. The molecule has 0 saturated carbocycles. The molecule has 0 N–H and O–H groups in total. The van der Waals surface area contributed by atoms with Gasteiger partial charge in [-0.25, -0.2) is 0 Å². The fraction of sp³-hybridized carbons (Fsp3) is 0.462. The third kappa shape index (κ3) is 4.23. The zero-order valence-corrected chi connectivity index (χ0v) is 10.5. The average molecular weight is 241 g/mol. The van der Waals surface area contributed by atoms with Gasteiger partial charge in [-0.1, -0.05) is 37.6 Å². The molecule has 1 unspecified atom stereocenters. The Balaban J connectivity index is 2.48. The van der Waals surface area contributed by atoms with Crippen molar-refractivity contribution in [3.8, 4) is 0 Å². The molecule has 0 aliphatic rings. The highest BCUT2D eigenvalue weighted by Crippen LogP contribution is 2.21. The second-order valence-corrected chi connectivity index (χ2v) is 4.31. The van der Waals surface area contributed by atoms with Gasteiger partial charge >= 0.3 is 5.97 Å². The van der Waals surface area contributed by atoms with Gasteiger partial charge in [0, 0.05) is 5.02 Å². The minimum Gasteiger partial charge on any atom is -0.466 e. The second-order valence-electron chi connectivity index (χ2n) is 3.88. The Hall–Kier alpha value is -1.02. The van der Waals surface area contributed by atoms with Crippen molar-refractivity contribution < 1.29 is 9.53 Å². The number of esters is 1. The van der Waals surface area contributed by atoms with Crippen molar-refractivity contribution in [3.05, 3.63) is 34.9 Å². The van der Waals surface area contributed by atoms with Gasteiger partial charge in [0.15, 0.2) is 0 Å². The highest BCUT2D eigenvalue weighted by molar-refractivity contribution is 6.30. The van der Waals surface area contributed by atoms with E-state index in [0.717, 1.165) is 12.0 Å². The number of hydrogen-bond acceptors (Lipinski definition) is 2. The van der Waals surface area contributed by atoms with E-state index in [1.54, 1.807) is 0 Å². The number of carbonyl (C=O) groups is 1. The van der Waals surface area contributed by atoms with Gasteiger partial charge in [-0.05, 0) is 30.0 Å². The van der Waals surface area contributed by atoms with Crippen molar-refractivity contribution in [3.63, 3.8) is 0 Å². The number of hydrogen-bond donors (Lipinski definition) is 0. The van der Waals surface area contributed by atoms with E-state index in [1.807, 2.05) is 38.1 Å². The Labute approximate surface area is 102 Å². The lowest BCUT2D eigenvalue weighted by Crippen LogP contribution is -2.09. The van der Waals surface area contributed by atoms with Crippen LogP contribution in [0.3, 0.4) is 0 Å². The van der Waals surface area contributed by atoms with Gasteiger partial charge in [0.05, 0.1) is 13.0 Å². The molecule has 0 radical (unpaired) electrons. The molecule has 0 heterocycles. The molecule has 0 spiro atoms. The van der Waals surface area contributed by atoms with Crippen molar-refractivity contribution in [2.24, 2.45) is 0 Å². The summed E-state index contributed by atoms with van der Waals surface area (Å²) < 4.78 is 5.04. The zero-order valence-electron chi connectivity index (χ0n) is 9.70. The standard InChI is InChI=1S/C13H17ClO2/c1-3-8-16-13(15)9-10(2)11-4-6-12(14)7-5-11/h4-7,10H,3,8-9H2,1-2H3. The fourth-order valence-corrected chi connectivity index (χ4v) is 1.56. The summed E-state index contributed by atoms with van der Waals surface area (Å²) in [6, 6.07) is 7.57. The maximum Gasteiger partial charge on any atom is 0.306 e. The highest BCUT2D eigenvalue weighted by Gasteiger charge is 2.11. The van der Waals surface area contributed by atoms with E-state index in [-0.39, 0.29) is 11.9 Å². The highest BCUT2D eigenvalue weighted by atomic mass is 35.5. The molecule has 1 rings (SSSR count).